The van der Waals surface area contributed by atoms with Gasteiger partial charge in [0.2, 0.25) is 5.82 Å². The Morgan fingerprint density at radius 1 is 0.900 bits per heavy atom. The van der Waals surface area contributed by atoms with E-state index in [4.69, 9.17) is 4.52 Å². The summed E-state index contributed by atoms with van der Waals surface area (Å²) in [6, 6.07) is 16.2. The number of rotatable bonds is 3. The second kappa shape index (κ2) is 5.28. The molecule has 2 N–H and O–H groups in total. The average molecular weight is 266 g/mol. The van der Waals surface area contributed by atoms with Gasteiger partial charge in [-0.1, -0.05) is 47.6 Å². The molecule has 0 amide bonds. The zero-order valence-electron chi connectivity index (χ0n) is 10.5. The molecule has 0 bridgehead atoms. The zero-order valence-corrected chi connectivity index (χ0v) is 10.5. The summed E-state index contributed by atoms with van der Waals surface area (Å²) in [4.78, 5) is 4.29. The minimum absolute atomic E-state index is 0.326. The lowest BCUT2D eigenvalue weighted by Gasteiger charge is -2.03. The summed E-state index contributed by atoms with van der Waals surface area (Å²) in [5.41, 5.74) is 1.69. The number of nitrogens with zero attached hydrogens (tertiary/aromatic N) is 2. The van der Waals surface area contributed by atoms with E-state index >= 15 is 0 Å². The summed E-state index contributed by atoms with van der Waals surface area (Å²) in [6.07, 6.45) is 0. The standard InChI is InChI=1S/C14H11BN2O3/c18-15(19)12-9-5-4-8-11(12)13-16-14(20-17-13)10-6-2-1-3-7-10/h1-9,18-19H. The van der Waals surface area contributed by atoms with Crippen molar-refractivity contribution in [3.63, 3.8) is 0 Å². The van der Waals surface area contributed by atoms with Crippen molar-refractivity contribution in [1.82, 2.24) is 10.1 Å². The van der Waals surface area contributed by atoms with Crippen molar-refractivity contribution in [3.05, 3.63) is 54.6 Å². The van der Waals surface area contributed by atoms with Crippen LogP contribution in [-0.4, -0.2) is 27.3 Å². The Balaban J connectivity index is 2.03. The number of hydrogen-bond donors (Lipinski definition) is 2. The van der Waals surface area contributed by atoms with Crippen LogP contribution < -0.4 is 5.46 Å². The third kappa shape index (κ3) is 2.34. The number of aromatic nitrogens is 2. The van der Waals surface area contributed by atoms with Crippen LogP contribution in [0.15, 0.2) is 59.1 Å². The van der Waals surface area contributed by atoms with E-state index in [9.17, 15) is 10.0 Å². The van der Waals surface area contributed by atoms with Gasteiger partial charge in [-0.25, -0.2) is 0 Å². The maximum Gasteiger partial charge on any atom is 0.489 e. The fourth-order valence-corrected chi connectivity index (χ4v) is 1.96. The quantitative estimate of drug-likeness (QED) is 0.693. The van der Waals surface area contributed by atoms with Crippen LogP contribution in [0.5, 0.6) is 0 Å². The predicted octanol–water partition coefficient (Wildman–Crippen LogP) is 1.08. The molecule has 0 radical (unpaired) electrons. The lowest BCUT2D eigenvalue weighted by molar-refractivity contribution is 0.425. The van der Waals surface area contributed by atoms with Crippen molar-refractivity contribution < 1.29 is 14.6 Å². The van der Waals surface area contributed by atoms with Gasteiger partial charge in [0, 0.05) is 11.1 Å². The first-order valence-electron chi connectivity index (χ1n) is 6.10. The molecular weight excluding hydrogens is 255 g/mol. The third-order valence-electron chi connectivity index (χ3n) is 2.93. The van der Waals surface area contributed by atoms with E-state index in [1.807, 2.05) is 30.3 Å². The highest BCUT2D eigenvalue weighted by Crippen LogP contribution is 2.20. The molecule has 6 heteroatoms. The topological polar surface area (TPSA) is 79.4 Å². The molecule has 2 aromatic carbocycles. The fraction of sp³-hybridized carbons (Fsp3) is 0. The van der Waals surface area contributed by atoms with E-state index in [2.05, 4.69) is 10.1 Å². The van der Waals surface area contributed by atoms with E-state index in [0.717, 1.165) is 5.56 Å². The maximum absolute atomic E-state index is 9.36. The number of benzene rings is 2. The van der Waals surface area contributed by atoms with Gasteiger partial charge in [-0.2, -0.15) is 4.98 Å². The van der Waals surface area contributed by atoms with Gasteiger partial charge in [-0.05, 0) is 17.6 Å². The van der Waals surface area contributed by atoms with Gasteiger partial charge in [0.25, 0.3) is 5.89 Å². The van der Waals surface area contributed by atoms with E-state index in [1.165, 1.54) is 0 Å². The molecule has 3 rings (SSSR count). The summed E-state index contributed by atoms with van der Waals surface area (Å²) in [5.74, 6) is 0.718. The van der Waals surface area contributed by atoms with Crippen molar-refractivity contribution in [2.75, 3.05) is 0 Å². The van der Waals surface area contributed by atoms with Crippen LogP contribution in [0, 0.1) is 0 Å². The monoisotopic (exact) mass is 266 g/mol. The van der Waals surface area contributed by atoms with Crippen molar-refractivity contribution in [1.29, 1.82) is 0 Å². The molecule has 0 atom stereocenters. The van der Waals surface area contributed by atoms with Crippen LogP contribution in [0.4, 0.5) is 0 Å². The highest BCUT2D eigenvalue weighted by molar-refractivity contribution is 6.60. The summed E-state index contributed by atoms with van der Waals surface area (Å²) in [6.45, 7) is 0. The highest BCUT2D eigenvalue weighted by Gasteiger charge is 2.20. The van der Waals surface area contributed by atoms with Gasteiger partial charge in [0.05, 0.1) is 0 Å². The summed E-state index contributed by atoms with van der Waals surface area (Å²) in [5, 5.41) is 22.6. The first kappa shape index (κ1) is 12.6. The van der Waals surface area contributed by atoms with Crippen molar-refractivity contribution in [3.8, 4) is 22.8 Å². The summed E-state index contributed by atoms with van der Waals surface area (Å²) in [7, 11) is -1.58. The van der Waals surface area contributed by atoms with Gasteiger partial charge in [0.1, 0.15) is 0 Å². The summed E-state index contributed by atoms with van der Waals surface area (Å²) < 4.78 is 5.22. The Kier molecular flexibility index (Phi) is 3.33. The SMILES string of the molecule is OB(O)c1ccccc1-c1noc(-c2ccccc2)n1. The molecule has 1 heterocycles. The third-order valence-corrected chi connectivity index (χ3v) is 2.93. The van der Waals surface area contributed by atoms with Crippen LogP contribution in [0.2, 0.25) is 0 Å². The number of hydrogen-bond acceptors (Lipinski definition) is 5. The van der Waals surface area contributed by atoms with Gasteiger partial charge in [-0.15, -0.1) is 0 Å². The van der Waals surface area contributed by atoms with Gasteiger partial charge in [-0.3, -0.25) is 0 Å². The molecule has 0 unspecified atom stereocenters. The lowest BCUT2D eigenvalue weighted by atomic mass is 9.77. The van der Waals surface area contributed by atoms with Crippen molar-refractivity contribution >= 4 is 12.6 Å². The highest BCUT2D eigenvalue weighted by atomic mass is 16.5. The normalized spacial score (nSPS) is 10.5. The second-order valence-electron chi connectivity index (χ2n) is 4.25. The van der Waals surface area contributed by atoms with Gasteiger partial charge >= 0.3 is 7.12 Å². The van der Waals surface area contributed by atoms with Crippen molar-refractivity contribution in [2.24, 2.45) is 0 Å². The molecule has 20 heavy (non-hydrogen) atoms. The largest absolute Gasteiger partial charge is 0.489 e. The van der Waals surface area contributed by atoms with Crippen LogP contribution in [-0.2, 0) is 0 Å². The molecule has 0 aliphatic heterocycles. The predicted molar refractivity (Wildman–Crippen MR) is 75.0 cm³/mol. The Hall–Kier alpha value is -2.44. The molecule has 98 valence electrons. The fourth-order valence-electron chi connectivity index (χ4n) is 1.96. The van der Waals surface area contributed by atoms with E-state index < -0.39 is 7.12 Å². The smallest absolute Gasteiger partial charge is 0.423 e. The minimum Gasteiger partial charge on any atom is -0.423 e. The van der Waals surface area contributed by atoms with Crippen LogP contribution in [0.3, 0.4) is 0 Å². The first-order valence-corrected chi connectivity index (χ1v) is 6.10. The molecule has 0 fully saturated rings. The molecule has 0 saturated carbocycles. The Morgan fingerprint density at radius 2 is 1.60 bits per heavy atom. The molecule has 3 aromatic rings. The van der Waals surface area contributed by atoms with Crippen LogP contribution in [0.25, 0.3) is 22.8 Å². The molecule has 0 spiro atoms. The molecule has 0 saturated heterocycles. The molecular formula is C14H11BN2O3. The van der Waals surface area contributed by atoms with Gasteiger partial charge in [0.15, 0.2) is 0 Å². The Bertz CT molecular complexity index is 713. The average Bonchev–Trinajstić information content (AvgIpc) is 2.98. The first-order chi connectivity index (χ1) is 9.75. The molecule has 1 aromatic heterocycles. The van der Waals surface area contributed by atoms with E-state index in [0.29, 0.717) is 22.7 Å². The second-order valence-corrected chi connectivity index (χ2v) is 4.25. The molecule has 5 nitrogen and oxygen atoms in total. The van der Waals surface area contributed by atoms with E-state index in [1.54, 1.807) is 24.3 Å². The zero-order chi connectivity index (χ0) is 13.9. The minimum atomic E-state index is -1.58. The maximum atomic E-state index is 9.36. The molecule has 0 aliphatic carbocycles. The lowest BCUT2D eigenvalue weighted by Crippen LogP contribution is -2.31. The van der Waals surface area contributed by atoms with Gasteiger partial charge < -0.3 is 14.6 Å². The van der Waals surface area contributed by atoms with Crippen LogP contribution >= 0.6 is 0 Å². The van der Waals surface area contributed by atoms with Crippen molar-refractivity contribution in [2.45, 2.75) is 0 Å². The molecule has 0 aliphatic rings. The Morgan fingerprint density at radius 3 is 2.35 bits per heavy atom. The van der Waals surface area contributed by atoms with E-state index in [-0.39, 0.29) is 0 Å². The Labute approximate surface area is 115 Å². The summed E-state index contributed by atoms with van der Waals surface area (Å²) >= 11 is 0. The van der Waals surface area contributed by atoms with Crippen LogP contribution in [0.1, 0.15) is 0 Å².